The molecular weight excluding hydrogens is 1110 g/mol. The van der Waals surface area contributed by atoms with Gasteiger partial charge in [0.25, 0.3) is 0 Å². The summed E-state index contributed by atoms with van der Waals surface area (Å²) >= 11 is 0. The molecule has 1 aliphatic rings. The van der Waals surface area contributed by atoms with E-state index in [9.17, 15) is 15.8 Å². The molecule has 1 aliphatic carbocycles. The van der Waals surface area contributed by atoms with Crippen LogP contribution in [-0.4, -0.2) is 41.2 Å². The first-order chi connectivity index (χ1) is 42.1. The molecule has 0 saturated heterocycles. The van der Waals surface area contributed by atoms with E-state index >= 15 is 0 Å². The van der Waals surface area contributed by atoms with Gasteiger partial charge in [-0.25, -0.2) is 0 Å². The van der Waals surface area contributed by atoms with Crippen LogP contribution in [0.3, 0.4) is 0 Å². The highest BCUT2D eigenvalue weighted by Crippen LogP contribution is 2.46. The molecule has 6 aromatic rings. The van der Waals surface area contributed by atoms with Crippen LogP contribution in [0.2, 0.25) is 0 Å². The number of unbranched alkanes of at least 4 members (excludes halogenated alkanes) is 3. The lowest BCUT2D eigenvalue weighted by Crippen LogP contribution is -2.17. The van der Waals surface area contributed by atoms with E-state index in [-0.39, 0.29) is 32.5 Å². The molecule has 0 aromatic heterocycles. The first kappa shape index (κ1) is 70.1. The van der Waals surface area contributed by atoms with Gasteiger partial charge in [0.05, 0.1) is 59.4 Å². The summed E-state index contributed by atoms with van der Waals surface area (Å²) < 4.78 is 41.6. The van der Waals surface area contributed by atoms with E-state index in [1.165, 1.54) is 33.4 Å². The Morgan fingerprint density at radius 3 is 0.533 bits per heavy atom. The van der Waals surface area contributed by atoms with Gasteiger partial charge in [-0.1, -0.05) is 197 Å². The maximum atomic E-state index is 9.81. The number of methoxy groups -OCH3 is 3. The van der Waals surface area contributed by atoms with Crippen LogP contribution in [0.1, 0.15) is 263 Å². The Kier molecular flexibility index (Phi) is 22.1. The van der Waals surface area contributed by atoms with Crippen molar-refractivity contribution in [2.75, 3.05) is 41.2 Å². The highest BCUT2D eigenvalue weighted by atomic mass is 16.5. The Morgan fingerprint density at radius 1 is 0.267 bits per heavy atom. The van der Waals surface area contributed by atoms with Gasteiger partial charge in [0.2, 0.25) is 0 Å². The van der Waals surface area contributed by atoms with Crippen molar-refractivity contribution in [3.8, 4) is 52.7 Å². The van der Waals surface area contributed by atoms with Crippen molar-refractivity contribution < 1.29 is 28.4 Å². The monoisotopic (exact) mass is 1220 g/mol. The number of rotatable bonds is 15. The van der Waals surface area contributed by atoms with Gasteiger partial charge in [-0.2, -0.15) is 15.8 Å². The topological polar surface area (TPSA) is 127 Å². The van der Waals surface area contributed by atoms with Crippen molar-refractivity contribution >= 4 is 0 Å². The molecule has 0 saturated carbocycles. The molecule has 0 fully saturated rings. The fourth-order valence-corrected chi connectivity index (χ4v) is 12.3. The molecule has 0 heterocycles. The molecule has 9 nitrogen and oxygen atoms in total. The second-order valence-corrected chi connectivity index (χ2v) is 31.2. The third-order valence-electron chi connectivity index (χ3n) is 17.6. The van der Waals surface area contributed by atoms with Crippen LogP contribution in [0, 0.1) is 34.0 Å². The number of fused-ring (bicyclic) bond motifs is 12. The van der Waals surface area contributed by atoms with Crippen molar-refractivity contribution in [2.24, 2.45) is 0 Å². The SMILES string of the molecule is COc1c2cc(C(C)(C)C)cc1Cc1cc(C(C)(C)C)cc(c1OCCCC#N)Cc1cc(C(C)(C)C)cc(c1OC)Cc1cc(C(C)(C)C)cc(c1OCCCC#N)Cc1cc(C(C)(C)C)cc(c1OC)Cc1cc(C(C)(C)C)cc(c1OCCCC#N)C2. The fourth-order valence-electron chi connectivity index (χ4n) is 12.3. The first-order valence-electron chi connectivity index (χ1n) is 32.7. The van der Waals surface area contributed by atoms with Crippen LogP contribution >= 0.6 is 0 Å². The number of benzene rings is 6. The molecule has 0 unspecified atom stereocenters. The molecule has 0 spiro atoms. The first-order valence-corrected chi connectivity index (χ1v) is 32.7. The molecule has 6 aromatic carbocycles. The maximum Gasteiger partial charge on any atom is 0.126 e. The smallest absolute Gasteiger partial charge is 0.126 e. The lowest BCUT2D eigenvalue weighted by molar-refractivity contribution is 0.306. The molecule has 0 atom stereocenters. The summed E-state index contributed by atoms with van der Waals surface area (Å²) in [5.41, 5.74) is 18.2. The molecule has 0 radical (unpaired) electrons. The van der Waals surface area contributed by atoms with Crippen molar-refractivity contribution in [3.63, 3.8) is 0 Å². The third-order valence-corrected chi connectivity index (χ3v) is 17.6. The Morgan fingerprint density at radius 2 is 0.411 bits per heavy atom. The average molecular weight is 1220 g/mol. The predicted molar refractivity (Wildman–Crippen MR) is 368 cm³/mol. The summed E-state index contributed by atoms with van der Waals surface area (Å²) in [5, 5.41) is 29.4. The molecule has 12 bridgehead atoms. The predicted octanol–water partition coefficient (Wildman–Crippen LogP) is 19.4. The zero-order valence-corrected chi connectivity index (χ0v) is 58.8. The van der Waals surface area contributed by atoms with Gasteiger partial charge in [-0.15, -0.1) is 0 Å². The highest BCUT2D eigenvalue weighted by Gasteiger charge is 2.31. The highest BCUT2D eigenvalue weighted by molar-refractivity contribution is 5.61. The van der Waals surface area contributed by atoms with Crippen LogP contribution in [0.5, 0.6) is 34.5 Å². The number of hydrogen-bond acceptors (Lipinski definition) is 9. The van der Waals surface area contributed by atoms with Crippen molar-refractivity contribution in [1.82, 2.24) is 0 Å². The zero-order valence-electron chi connectivity index (χ0n) is 58.8. The average Bonchev–Trinajstić information content (AvgIpc) is 0.789. The van der Waals surface area contributed by atoms with Gasteiger partial charge in [0, 0.05) is 57.8 Å². The van der Waals surface area contributed by atoms with E-state index in [0.29, 0.717) is 96.9 Å². The van der Waals surface area contributed by atoms with Gasteiger partial charge in [-0.05, 0) is 152 Å². The normalized spacial score (nSPS) is 13.3. The molecule has 7 rings (SSSR count). The van der Waals surface area contributed by atoms with Crippen LogP contribution < -0.4 is 28.4 Å². The summed E-state index contributed by atoms with van der Waals surface area (Å²) in [6, 6.07) is 35.1. The quantitative estimate of drug-likeness (QED) is 0.0922. The summed E-state index contributed by atoms with van der Waals surface area (Å²) in [4.78, 5) is 0. The lowest BCUT2D eigenvalue weighted by Gasteiger charge is -2.29. The van der Waals surface area contributed by atoms with Gasteiger partial charge in [-0.3, -0.25) is 0 Å². The molecule has 480 valence electrons. The van der Waals surface area contributed by atoms with Crippen LogP contribution in [0.15, 0.2) is 72.8 Å². The minimum absolute atomic E-state index is 0.236. The Labute approximate surface area is 542 Å². The molecular formula is C81H105N3O6. The maximum absolute atomic E-state index is 9.81. The summed E-state index contributed by atoms with van der Waals surface area (Å²) in [7, 11) is 5.38. The van der Waals surface area contributed by atoms with Crippen LogP contribution in [0.4, 0.5) is 0 Å². The fraction of sp³-hybridized carbons (Fsp3) is 0.519. The van der Waals surface area contributed by atoms with E-state index in [0.717, 1.165) is 101 Å². The van der Waals surface area contributed by atoms with Crippen LogP contribution in [-0.2, 0) is 71.0 Å². The number of ether oxygens (including phenoxy) is 6. The van der Waals surface area contributed by atoms with Gasteiger partial charge < -0.3 is 28.4 Å². The Bertz CT molecular complexity index is 3140. The van der Waals surface area contributed by atoms with Gasteiger partial charge in [0.1, 0.15) is 34.5 Å². The van der Waals surface area contributed by atoms with Crippen molar-refractivity contribution in [1.29, 1.82) is 15.8 Å². The van der Waals surface area contributed by atoms with Crippen molar-refractivity contribution in [2.45, 2.75) is 234 Å². The molecule has 0 aliphatic heterocycles. The Balaban J connectivity index is 1.70. The summed E-state index contributed by atoms with van der Waals surface area (Å²) in [5.74, 6) is 4.87. The second-order valence-electron chi connectivity index (χ2n) is 31.2. The lowest BCUT2D eigenvalue weighted by atomic mass is 9.79. The summed E-state index contributed by atoms with van der Waals surface area (Å²) in [6.45, 7) is 42.1. The van der Waals surface area contributed by atoms with E-state index in [2.05, 4.69) is 216 Å². The second kappa shape index (κ2) is 28.4. The van der Waals surface area contributed by atoms with Gasteiger partial charge in [0.15, 0.2) is 0 Å². The number of hydrogen-bond donors (Lipinski definition) is 0. The number of nitrogens with zero attached hydrogens (tertiary/aromatic N) is 3. The molecule has 90 heavy (non-hydrogen) atoms. The van der Waals surface area contributed by atoms with E-state index < -0.39 is 0 Å². The number of nitriles is 3. The van der Waals surface area contributed by atoms with Gasteiger partial charge >= 0.3 is 0 Å². The van der Waals surface area contributed by atoms with E-state index in [4.69, 9.17) is 28.4 Å². The van der Waals surface area contributed by atoms with Crippen molar-refractivity contribution in [3.05, 3.63) is 173 Å². The molecule has 0 amide bonds. The standard InChI is InChI=1S/C81H105N3O6/c1-76(2,3)64-40-52-34-58-46-67(79(10,11)12)48-60(73(58)88-31-25-22-28-82)36-54-42-65(77(4,5)6)44-56(71(54)86-20)38-62-50-69(81(16,17)18)51-63(75(62)90-33-27-24-30-84)39-57-45-66(78(7,8)9)43-55(72(57)87-21)37-61-49-68(80(13,14)15)47-59(35-53(41-64)70(52)85-19)74(61)89-32-26-23-29-83/h40-51H,22-27,31-39H2,1-21H3. The zero-order chi connectivity index (χ0) is 66.3. The van der Waals surface area contributed by atoms with Crippen LogP contribution in [0.25, 0.3) is 0 Å². The van der Waals surface area contributed by atoms with E-state index in [1.807, 2.05) is 0 Å². The van der Waals surface area contributed by atoms with E-state index in [1.54, 1.807) is 21.3 Å². The minimum atomic E-state index is -0.242. The Hall–Kier alpha value is -7.41. The molecule has 9 heteroatoms. The largest absolute Gasteiger partial charge is 0.496 e. The summed E-state index contributed by atoms with van der Waals surface area (Å²) in [6.07, 6.45) is 5.94. The molecule has 0 N–H and O–H groups in total. The minimum Gasteiger partial charge on any atom is -0.496 e. The third kappa shape index (κ3) is 17.1.